The molecule has 1 N–H and O–H groups in total. The van der Waals surface area contributed by atoms with E-state index in [2.05, 4.69) is 17.0 Å². The number of aromatic amines is 1. The molecule has 6 nitrogen and oxygen atoms in total. The zero-order valence-electron chi connectivity index (χ0n) is 12.7. The minimum atomic E-state index is -0.359. The van der Waals surface area contributed by atoms with Crippen LogP contribution < -0.4 is 5.56 Å². The Hall–Kier alpha value is -1.92. The van der Waals surface area contributed by atoms with Crippen LogP contribution in [0.1, 0.15) is 36.9 Å². The molecule has 0 saturated carbocycles. The van der Waals surface area contributed by atoms with E-state index < -0.39 is 0 Å². The number of fused-ring (bicyclic) bond motifs is 3. The molecule has 0 aromatic carbocycles. The van der Waals surface area contributed by atoms with Crippen molar-refractivity contribution in [2.24, 2.45) is 0 Å². The van der Waals surface area contributed by atoms with E-state index in [0.29, 0.717) is 12.2 Å². The van der Waals surface area contributed by atoms with Crippen molar-refractivity contribution in [3.05, 3.63) is 46.0 Å². The first-order chi connectivity index (χ1) is 10.6. The molecule has 1 saturated heterocycles. The maximum atomic E-state index is 12.8. The first kappa shape index (κ1) is 13.7. The summed E-state index contributed by atoms with van der Waals surface area (Å²) in [5, 5.41) is 3.21. The van der Waals surface area contributed by atoms with Gasteiger partial charge in [0.15, 0.2) is 12.1 Å². The minimum absolute atomic E-state index is 0.0121. The molecule has 6 heteroatoms. The molecule has 116 valence electrons. The third kappa shape index (κ3) is 1.87. The number of ether oxygens (including phenoxy) is 2. The molecule has 2 aromatic rings. The van der Waals surface area contributed by atoms with Crippen LogP contribution in [0.2, 0.25) is 0 Å². The van der Waals surface area contributed by atoms with Crippen LogP contribution in [0.5, 0.6) is 0 Å². The number of rotatable bonds is 2. The Morgan fingerprint density at radius 3 is 3.05 bits per heavy atom. The van der Waals surface area contributed by atoms with Gasteiger partial charge in [-0.15, -0.1) is 0 Å². The lowest BCUT2D eigenvalue weighted by molar-refractivity contribution is -0.223. The average molecular weight is 301 g/mol. The van der Waals surface area contributed by atoms with Crippen molar-refractivity contribution < 1.29 is 9.47 Å². The van der Waals surface area contributed by atoms with Crippen LogP contribution in [0.25, 0.3) is 5.82 Å². The van der Waals surface area contributed by atoms with Crippen molar-refractivity contribution in [1.82, 2.24) is 14.8 Å². The van der Waals surface area contributed by atoms with E-state index in [9.17, 15) is 4.79 Å². The van der Waals surface area contributed by atoms with Gasteiger partial charge in [-0.25, -0.2) is 9.67 Å². The number of pyridine rings is 1. The molecule has 0 amide bonds. The molecule has 2 aromatic heterocycles. The normalized spacial score (nSPS) is 30.1. The van der Waals surface area contributed by atoms with Crippen molar-refractivity contribution in [1.29, 1.82) is 0 Å². The van der Waals surface area contributed by atoms with Crippen LogP contribution in [0.15, 0.2) is 29.2 Å². The highest BCUT2D eigenvalue weighted by atomic mass is 16.7. The van der Waals surface area contributed by atoms with E-state index in [-0.39, 0.29) is 23.4 Å². The molecule has 0 unspecified atom stereocenters. The summed E-state index contributed by atoms with van der Waals surface area (Å²) in [6, 6.07) is 5.53. The molecule has 1 aliphatic heterocycles. The fourth-order valence-corrected chi connectivity index (χ4v) is 3.82. The molecule has 0 bridgehead atoms. The number of methoxy groups -OCH3 is 1. The van der Waals surface area contributed by atoms with Gasteiger partial charge in [0.1, 0.15) is 0 Å². The summed E-state index contributed by atoms with van der Waals surface area (Å²) in [7, 11) is 1.66. The van der Waals surface area contributed by atoms with Crippen molar-refractivity contribution >= 4 is 0 Å². The molecule has 1 fully saturated rings. The van der Waals surface area contributed by atoms with Gasteiger partial charge in [0.2, 0.25) is 0 Å². The number of hydrogen-bond acceptors (Lipinski definition) is 4. The lowest BCUT2D eigenvalue weighted by Gasteiger charge is -2.40. The Balaban J connectivity index is 1.75. The molecule has 3 atom stereocenters. The number of nitrogens with zero attached hydrogens (tertiary/aromatic N) is 2. The summed E-state index contributed by atoms with van der Waals surface area (Å²) >= 11 is 0. The van der Waals surface area contributed by atoms with Crippen molar-refractivity contribution in [3.63, 3.8) is 0 Å². The van der Waals surface area contributed by atoms with E-state index >= 15 is 0 Å². The highest BCUT2D eigenvalue weighted by Crippen LogP contribution is 2.48. The van der Waals surface area contributed by atoms with Crippen molar-refractivity contribution in [2.75, 3.05) is 7.11 Å². The van der Waals surface area contributed by atoms with E-state index in [1.54, 1.807) is 13.3 Å². The largest absolute Gasteiger partial charge is 0.356 e. The predicted molar refractivity (Wildman–Crippen MR) is 80.2 cm³/mol. The molecule has 3 heterocycles. The number of nitrogens with one attached hydrogen (secondary N) is 1. The number of aromatic nitrogens is 3. The van der Waals surface area contributed by atoms with Crippen LogP contribution in [0.3, 0.4) is 0 Å². The topological polar surface area (TPSA) is 69.1 Å². The summed E-state index contributed by atoms with van der Waals surface area (Å²) < 4.78 is 13.0. The average Bonchev–Trinajstić information content (AvgIpc) is 3.00. The maximum absolute atomic E-state index is 12.8. The van der Waals surface area contributed by atoms with Crippen LogP contribution in [-0.2, 0) is 15.9 Å². The molecule has 4 rings (SSSR count). The molecular weight excluding hydrogens is 282 g/mol. The Kier molecular flexibility index (Phi) is 2.99. The first-order valence-corrected chi connectivity index (χ1v) is 7.58. The molecule has 0 radical (unpaired) electrons. The summed E-state index contributed by atoms with van der Waals surface area (Å²) in [4.78, 5) is 17.1. The van der Waals surface area contributed by atoms with Crippen LogP contribution in [-0.4, -0.2) is 33.8 Å². The third-order valence-corrected chi connectivity index (χ3v) is 4.85. The molecule has 1 aliphatic carbocycles. The second-order valence-electron chi connectivity index (χ2n) is 6.24. The molecule has 2 aliphatic rings. The molecular formula is C16H19N3O3. The van der Waals surface area contributed by atoms with E-state index in [1.807, 2.05) is 18.2 Å². The second kappa shape index (κ2) is 4.79. The summed E-state index contributed by atoms with van der Waals surface area (Å²) in [6.45, 7) is 2.07. The van der Waals surface area contributed by atoms with Gasteiger partial charge < -0.3 is 9.47 Å². The predicted octanol–water partition coefficient (Wildman–Crippen LogP) is 1.74. The fraction of sp³-hybridized carbons (Fsp3) is 0.500. The smallest absolute Gasteiger partial charge is 0.276 e. The van der Waals surface area contributed by atoms with E-state index in [4.69, 9.17) is 9.47 Å². The van der Waals surface area contributed by atoms with Crippen molar-refractivity contribution in [2.45, 2.75) is 44.0 Å². The van der Waals surface area contributed by atoms with Gasteiger partial charge >= 0.3 is 0 Å². The Morgan fingerprint density at radius 1 is 1.45 bits per heavy atom. The van der Waals surface area contributed by atoms with Gasteiger partial charge in [-0.2, -0.15) is 0 Å². The zero-order valence-corrected chi connectivity index (χ0v) is 12.7. The van der Waals surface area contributed by atoms with Gasteiger partial charge in [-0.1, -0.05) is 6.07 Å². The van der Waals surface area contributed by atoms with Crippen LogP contribution in [0.4, 0.5) is 0 Å². The van der Waals surface area contributed by atoms with Crippen LogP contribution in [0, 0.1) is 0 Å². The monoisotopic (exact) mass is 301 g/mol. The summed E-state index contributed by atoms with van der Waals surface area (Å²) in [5.41, 5.74) is 1.44. The maximum Gasteiger partial charge on any atom is 0.276 e. The fourth-order valence-electron chi connectivity index (χ4n) is 3.82. The lowest BCUT2D eigenvalue weighted by atomic mass is 9.83. The van der Waals surface area contributed by atoms with Gasteiger partial charge in [-0.3, -0.25) is 9.89 Å². The van der Waals surface area contributed by atoms with Gasteiger partial charge in [0.25, 0.3) is 5.56 Å². The summed E-state index contributed by atoms with van der Waals surface area (Å²) in [5.74, 6) is 0.734. The lowest BCUT2D eigenvalue weighted by Crippen LogP contribution is -2.44. The van der Waals surface area contributed by atoms with Gasteiger partial charge in [0.05, 0.1) is 5.60 Å². The number of hydrogen-bond donors (Lipinski definition) is 1. The number of H-pyrrole nitrogens is 1. The van der Waals surface area contributed by atoms with Gasteiger partial charge in [0, 0.05) is 36.9 Å². The Labute approximate surface area is 128 Å². The van der Waals surface area contributed by atoms with Crippen LogP contribution >= 0.6 is 0 Å². The molecule has 0 spiro atoms. The Bertz CT molecular complexity index is 752. The third-order valence-electron chi connectivity index (χ3n) is 4.85. The van der Waals surface area contributed by atoms with Crippen molar-refractivity contribution in [3.8, 4) is 5.82 Å². The standard InChI is InChI=1S/C16H19N3O3/c1-16-9-11-14(10(16)6-7-13(21-2)22-16)15(20)19(18-11)12-5-3-4-8-17-12/h3-5,8,10,13,18H,6-7,9H2,1-2H3/t10-,13-,16-/m0/s1. The molecule has 22 heavy (non-hydrogen) atoms. The van der Waals surface area contributed by atoms with Gasteiger partial charge in [-0.05, 0) is 31.9 Å². The minimum Gasteiger partial charge on any atom is -0.356 e. The Morgan fingerprint density at radius 2 is 2.32 bits per heavy atom. The van der Waals surface area contributed by atoms with E-state index in [0.717, 1.165) is 24.1 Å². The highest BCUT2D eigenvalue weighted by Gasteiger charge is 2.50. The quantitative estimate of drug-likeness (QED) is 0.917. The zero-order chi connectivity index (χ0) is 15.3. The second-order valence-corrected chi connectivity index (χ2v) is 6.24. The van der Waals surface area contributed by atoms with E-state index in [1.165, 1.54) is 4.68 Å². The first-order valence-electron chi connectivity index (χ1n) is 7.58. The summed E-state index contributed by atoms with van der Waals surface area (Å²) in [6.07, 6.45) is 3.91. The highest BCUT2D eigenvalue weighted by molar-refractivity contribution is 5.37. The SMILES string of the molecule is CO[C@@H]1CC[C@H]2c3c([nH]n(-c4ccccn4)c3=O)C[C@]2(C)O1.